The first-order valence-corrected chi connectivity index (χ1v) is 10.8. The van der Waals surface area contributed by atoms with E-state index in [0.717, 1.165) is 74.3 Å². The highest BCUT2D eigenvalue weighted by Gasteiger charge is 2.31. The molecule has 1 aromatic heterocycles. The minimum absolute atomic E-state index is 0.131. The van der Waals surface area contributed by atoms with Gasteiger partial charge in [0.2, 0.25) is 0 Å². The summed E-state index contributed by atoms with van der Waals surface area (Å²) in [6.45, 7) is 6.25. The Labute approximate surface area is 178 Å². The molecule has 2 N–H and O–H groups in total. The highest BCUT2D eigenvalue weighted by molar-refractivity contribution is 5.98. The van der Waals surface area contributed by atoms with Crippen molar-refractivity contribution in [3.63, 3.8) is 0 Å². The van der Waals surface area contributed by atoms with Gasteiger partial charge in [-0.05, 0) is 43.2 Å². The van der Waals surface area contributed by atoms with E-state index >= 15 is 0 Å². The number of hydrogen-bond donors (Lipinski definition) is 1. The van der Waals surface area contributed by atoms with Gasteiger partial charge in [0.15, 0.2) is 0 Å². The third kappa shape index (κ3) is 4.36. The Morgan fingerprint density at radius 1 is 1.07 bits per heavy atom. The first-order chi connectivity index (χ1) is 14.7. The molecule has 4 rings (SSSR count). The molecular formula is C23H32N4O3+2. The Hall–Kier alpha value is -2.80. The zero-order valence-electron chi connectivity index (χ0n) is 17.9. The second kappa shape index (κ2) is 9.34. The number of nitrogens with one attached hydrogen (secondary N) is 2. The standard InChI is InChI=1S/C23H30N4O3/c1-29-19-7-8-21(30-2)18(16-19)17-25-12-14-27(15-13-25)23(28)20-6-5-9-24-22(20)26-10-3-4-11-26/h5-9,16H,3-4,10-15,17H2,1-2H3/p+2. The average molecular weight is 413 g/mol. The van der Waals surface area contributed by atoms with Crippen LogP contribution >= 0.6 is 0 Å². The van der Waals surface area contributed by atoms with Gasteiger partial charge in [-0.15, -0.1) is 0 Å². The molecule has 0 aliphatic carbocycles. The molecule has 3 heterocycles. The van der Waals surface area contributed by atoms with Gasteiger partial charge in [-0.25, -0.2) is 4.98 Å². The van der Waals surface area contributed by atoms with E-state index in [4.69, 9.17) is 9.47 Å². The third-order valence-electron chi connectivity index (χ3n) is 6.17. The van der Waals surface area contributed by atoms with E-state index in [2.05, 4.69) is 9.88 Å². The topological polar surface area (TPSA) is 60.6 Å². The van der Waals surface area contributed by atoms with Crippen molar-refractivity contribution in [3.8, 4) is 11.5 Å². The molecule has 0 spiro atoms. The Morgan fingerprint density at radius 2 is 1.83 bits per heavy atom. The number of aromatic amines is 1. The third-order valence-corrected chi connectivity index (χ3v) is 6.17. The fourth-order valence-corrected chi connectivity index (χ4v) is 4.47. The van der Waals surface area contributed by atoms with E-state index in [0.29, 0.717) is 0 Å². The quantitative estimate of drug-likeness (QED) is 0.757. The predicted octanol–water partition coefficient (Wildman–Crippen LogP) is 0.659. The Balaban J connectivity index is 1.40. The van der Waals surface area contributed by atoms with Crippen LogP contribution in [0.25, 0.3) is 0 Å². The minimum Gasteiger partial charge on any atom is -0.497 e. The van der Waals surface area contributed by atoms with Gasteiger partial charge in [-0.2, -0.15) is 0 Å². The number of aromatic nitrogens is 1. The fourth-order valence-electron chi connectivity index (χ4n) is 4.47. The van der Waals surface area contributed by atoms with Crippen LogP contribution in [-0.2, 0) is 6.54 Å². The summed E-state index contributed by atoms with van der Waals surface area (Å²) < 4.78 is 10.9. The molecule has 0 saturated carbocycles. The first kappa shape index (κ1) is 20.5. The number of pyridine rings is 1. The van der Waals surface area contributed by atoms with Crippen LogP contribution in [0.15, 0.2) is 36.5 Å². The molecule has 2 aliphatic rings. The van der Waals surface area contributed by atoms with Gasteiger partial charge in [0.05, 0.1) is 65.2 Å². The van der Waals surface area contributed by atoms with Crippen LogP contribution < -0.4 is 24.3 Å². The number of piperazine rings is 1. The molecule has 0 bridgehead atoms. The van der Waals surface area contributed by atoms with Crippen LogP contribution in [0, 0.1) is 0 Å². The molecule has 2 saturated heterocycles. The van der Waals surface area contributed by atoms with Crippen LogP contribution in [-0.4, -0.2) is 64.3 Å². The highest BCUT2D eigenvalue weighted by atomic mass is 16.5. The lowest BCUT2D eigenvalue weighted by molar-refractivity contribution is -0.917. The maximum Gasteiger partial charge on any atom is 0.287 e. The molecule has 1 amide bonds. The maximum absolute atomic E-state index is 13.3. The fraction of sp³-hybridized carbons (Fsp3) is 0.478. The van der Waals surface area contributed by atoms with Crippen molar-refractivity contribution in [2.75, 3.05) is 58.4 Å². The molecule has 1 aromatic carbocycles. The van der Waals surface area contributed by atoms with E-state index in [-0.39, 0.29) is 5.91 Å². The molecule has 2 fully saturated rings. The molecule has 30 heavy (non-hydrogen) atoms. The van der Waals surface area contributed by atoms with Crippen molar-refractivity contribution < 1.29 is 24.2 Å². The van der Waals surface area contributed by atoms with E-state index < -0.39 is 0 Å². The molecular weight excluding hydrogens is 380 g/mol. The van der Waals surface area contributed by atoms with E-state index in [9.17, 15) is 4.79 Å². The maximum atomic E-state index is 13.3. The van der Waals surface area contributed by atoms with Crippen molar-refractivity contribution >= 4 is 11.7 Å². The van der Waals surface area contributed by atoms with Gasteiger partial charge in [0.25, 0.3) is 11.7 Å². The molecule has 7 nitrogen and oxygen atoms in total. The lowest BCUT2D eigenvalue weighted by Gasteiger charge is -2.32. The number of carbonyl (C=O) groups excluding carboxylic acids is 1. The molecule has 2 aromatic rings. The van der Waals surface area contributed by atoms with Crippen molar-refractivity contribution in [3.05, 3.63) is 47.7 Å². The summed E-state index contributed by atoms with van der Waals surface area (Å²) >= 11 is 0. The van der Waals surface area contributed by atoms with Crippen LogP contribution in [0.5, 0.6) is 11.5 Å². The number of ether oxygens (including phenoxy) is 2. The number of hydrogen-bond acceptors (Lipinski definition) is 4. The number of nitrogens with zero attached hydrogens (tertiary/aromatic N) is 2. The summed E-state index contributed by atoms with van der Waals surface area (Å²) in [7, 11) is 3.38. The van der Waals surface area contributed by atoms with E-state index in [1.165, 1.54) is 17.7 Å². The molecule has 7 heteroatoms. The predicted molar refractivity (Wildman–Crippen MR) is 114 cm³/mol. The summed E-state index contributed by atoms with van der Waals surface area (Å²) in [6, 6.07) is 9.80. The SMILES string of the molecule is COc1ccc(OC)c(C[NH+]2CCN(C(=O)c3ccc[nH+]c3N3CCCC3)CC2)c1. The molecule has 0 radical (unpaired) electrons. The van der Waals surface area contributed by atoms with Gasteiger partial charge in [-0.1, -0.05) is 0 Å². The Bertz CT molecular complexity index is 875. The van der Waals surface area contributed by atoms with E-state index in [1.54, 1.807) is 14.2 Å². The normalized spacial score (nSPS) is 17.3. The van der Waals surface area contributed by atoms with Crippen LogP contribution in [0.2, 0.25) is 0 Å². The van der Waals surface area contributed by atoms with Gasteiger partial charge >= 0.3 is 0 Å². The number of methoxy groups -OCH3 is 2. The second-order valence-electron chi connectivity index (χ2n) is 8.02. The number of carbonyl (C=O) groups is 1. The zero-order chi connectivity index (χ0) is 20.9. The number of quaternary nitrogens is 1. The van der Waals surface area contributed by atoms with Crippen molar-refractivity contribution in [2.24, 2.45) is 0 Å². The van der Waals surface area contributed by atoms with Crippen LogP contribution in [0.3, 0.4) is 0 Å². The lowest BCUT2D eigenvalue weighted by atomic mass is 10.1. The smallest absolute Gasteiger partial charge is 0.287 e. The molecule has 2 aliphatic heterocycles. The van der Waals surface area contributed by atoms with Crippen molar-refractivity contribution in [2.45, 2.75) is 19.4 Å². The number of anilines is 1. The summed E-state index contributed by atoms with van der Waals surface area (Å²) in [4.78, 5) is 22.3. The van der Waals surface area contributed by atoms with Crippen molar-refractivity contribution in [1.82, 2.24) is 4.90 Å². The zero-order valence-corrected chi connectivity index (χ0v) is 17.9. The van der Waals surface area contributed by atoms with Gasteiger partial charge in [0.1, 0.15) is 23.6 Å². The van der Waals surface area contributed by atoms with Gasteiger partial charge < -0.3 is 19.3 Å². The second-order valence-corrected chi connectivity index (χ2v) is 8.02. The summed E-state index contributed by atoms with van der Waals surface area (Å²) in [6.07, 6.45) is 4.28. The number of benzene rings is 1. The number of H-pyrrole nitrogens is 1. The molecule has 0 atom stereocenters. The monoisotopic (exact) mass is 412 g/mol. The first-order valence-electron chi connectivity index (χ1n) is 10.8. The van der Waals surface area contributed by atoms with Crippen LogP contribution in [0.4, 0.5) is 5.82 Å². The summed E-state index contributed by atoms with van der Waals surface area (Å²) in [5, 5.41) is 0. The molecule has 160 valence electrons. The molecule has 0 unspecified atom stereocenters. The number of amides is 1. The van der Waals surface area contributed by atoms with Crippen molar-refractivity contribution in [1.29, 1.82) is 0 Å². The minimum atomic E-state index is 0.131. The Morgan fingerprint density at radius 3 is 2.53 bits per heavy atom. The number of rotatable bonds is 6. The van der Waals surface area contributed by atoms with Crippen LogP contribution in [0.1, 0.15) is 28.8 Å². The van der Waals surface area contributed by atoms with E-state index in [1.807, 2.05) is 41.4 Å². The highest BCUT2D eigenvalue weighted by Crippen LogP contribution is 2.23. The average Bonchev–Trinajstić information content (AvgIpc) is 3.34. The van der Waals surface area contributed by atoms with Gasteiger partial charge in [-0.3, -0.25) is 9.69 Å². The Kier molecular flexibility index (Phi) is 6.38. The lowest BCUT2D eigenvalue weighted by Crippen LogP contribution is -3.13. The van der Waals surface area contributed by atoms with Gasteiger partial charge in [0, 0.05) is 0 Å². The summed E-state index contributed by atoms with van der Waals surface area (Å²) in [5.74, 6) is 2.83. The summed E-state index contributed by atoms with van der Waals surface area (Å²) in [5.41, 5.74) is 1.93. The largest absolute Gasteiger partial charge is 0.497 e.